The first-order valence-corrected chi connectivity index (χ1v) is 15.4. The number of ether oxygens (including phenoxy) is 2. The molecular weight excluding hydrogens is 618 g/mol. The van der Waals surface area contributed by atoms with Crippen LogP contribution in [0, 0.1) is 0 Å². The van der Waals surface area contributed by atoms with Crippen molar-refractivity contribution in [2.45, 2.75) is 38.3 Å². The molecule has 0 aliphatic carbocycles. The van der Waals surface area contributed by atoms with E-state index in [-0.39, 0.29) is 55.9 Å². The van der Waals surface area contributed by atoms with Crippen molar-refractivity contribution in [1.82, 2.24) is 35.1 Å². The van der Waals surface area contributed by atoms with Gasteiger partial charge in [-0.15, -0.1) is 0 Å². The second kappa shape index (κ2) is 14.5. The molecule has 0 spiro atoms. The van der Waals surface area contributed by atoms with Crippen molar-refractivity contribution in [3.05, 3.63) is 59.0 Å². The molecule has 46 heavy (non-hydrogen) atoms. The average molecular weight is 654 g/mol. The number of carbonyl (C=O) groups excluding carboxylic acids is 5. The SMILES string of the molecule is COc1cc2ccc1OCCNC(=O)CN(C(=O)c1cn3cc(Cl)ccc3n1)CCCNC(=O)[C@H]1CCCN1C(=O)[C@H](C)NC2=O. The fourth-order valence-corrected chi connectivity index (χ4v) is 5.65. The van der Waals surface area contributed by atoms with Gasteiger partial charge in [-0.05, 0) is 56.5 Å². The molecule has 3 aliphatic heterocycles. The lowest BCUT2D eigenvalue weighted by atomic mass is 10.1. The van der Waals surface area contributed by atoms with Crippen molar-refractivity contribution >= 4 is 46.8 Å². The first-order chi connectivity index (χ1) is 22.1. The number of hydrogen-bond acceptors (Lipinski definition) is 8. The summed E-state index contributed by atoms with van der Waals surface area (Å²) >= 11 is 6.08. The van der Waals surface area contributed by atoms with Crippen LogP contribution in [-0.2, 0) is 14.4 Å². The highest BCUT2D eigenvalue weighted by atomic mass is 35.5. The van der Waals surface area contributed by atoms with E-state index in [1.54, 1.807) is 41.9 Å². The third-order valence-corrected chi connectivity index (χ3v) is 8.05. The maximum Gasteiger partial charge on any atom is 0.274 e. The van der Waals surface area contributed by atoms with Crippen LogP contribution in [0.2, 0.25) is 5.02 Å². The second-order valence-corrected chi connectivity index (χ2v) is 11.5. The van der Waals surface area contributed by atoms with Gasteiger partial charge in [0.25, 0.3) is 11.8 Å². The summed E-state index contributed by atoms with van der Waals surface area (Å²) in [4.78, 5) is 73.1. The third kappa shape index (κ3) is 7.50. The number of hydrogen-bond donors (Lipinski definition) is 3. The lowest BCUT2D eigenvalue weighted by Crippen LogP contribution is -2.52. The molecule has 1 fully saturated rings. The number of halogens is 1. The van der Waals surface area contributed by atoms with Crippen molar-refractivity contribution in [2.75, 3.05) is 46.4 Å². The molecule has 2 atom stereocenters. The minimum Gasteiger partial charge on any atom is -0.493 e. The molecule has 244 valence electrons. The highest BCUT2D eigenvalue weighted by Crippen LogP contribution is 2.28. The molecule has 14 nitrogen and oxygen atoms in total. The molecule has 3 N–H and O–H groups in total. The Kier molecular flexibility index (Phi) is 10.3. The lowest BCUT2D eigenvalue weighted by Gasteiger charge is -2.27. The predicted octanol–water partition coefficient (Wildman–Crippen LogP) is 1.26. The Morgan fingerprint density at radius 2 is 1.87 bits per heavy atom. The molecule has 0 unspecified atom stereocenters. The van der Waals surface area contributed by atoms with Gasteiger partial charge in [0.1, 0.15) is 30.0 Å². The summed E-state index contributed by atoms with van der Waals surface area (Å²) in [6, 6.07) is 6.39. The molecule has 5 amide bonds. The number of nitrogens with zero attached hydrogens (tertiary/aromatic N) is 4. The molecule has 2 aromatic heterocycles. The summed E-state index contributed by atoms with van der Waals surface area (Å²) in [5.41, 5.74) is 0.920. The first kappa shape index (κ1) is 32.5. The van der Waals surface area contributed by atoms with Crippen molar-refractivity contribution in [3.8, 4) is 11.5 Å². The fraction of sp³-hybridized carbons (Fsp3) is 0.419. The van der Waals surface area contributed by atoms with Crippen molar-refractivity contribution < 1.29 is 33.4 Å². The smallest absolute Gasteiger partial charge is 0.274 e. The number of imidazole rings is 1. The minimum atomic E-state index is -0.875. The number of rotatable bonds is 2. The van der Waals surface area contributed by atoms with Crippen LogP contribution in [0.1, 0.15) is 47.0 Å². The highest BCUT2D eigenvalue weighted by Gasteiger charge is 2.36. The van der Waals surface area contributed by atoms with Crippen molar-refractivity contribution in [2.24, 2.45) is 0 Å². The molecular formula is C31H36ClN7O7. The van der Waals surface area contributed by atoms with Crippen LogP contribution in [0.5, 0.6) is 11.5 Å². The van der Waals surface area contributed by atoms with Crippen molar-refractivity contribution in [3.63, 3.8) is 0 Å². The molecule has 3 aromatic rings. The molecule has 15 heteroatoms. The largest absolute Gasteiger partial charge is 0.493 e. The Bertz CT molecular complexity index is 1640. The van der Waals surface area contributed by atoms with E-state index < -0.39 is 29.8 Å². The van der Waals surface area contributed by atoms with E-state index in [1.165, 1.54) is 29.0 Å². The number of nitrogens with one attached hydrogen (secondary N) is 3. The Balaban J connectivity index is 1.35. The lowest BCUT2D eigenvalue weighted by molar-refractivity contribution is -0.139. The van der Waals surface area contributed by atoms with Crippen LogP contribution in [-0.4, -0.2) is 107 Å². The van der Waals surface area contributed by atoms with Gasteiger partial charge < -0.3 is 39.6 Å². The van der Waals surface area contributed by atoms with Gasteiger partial charge in [0.2, 0.25) is 17.7 Å². The zero-order valence-electron chi connectivity index (χ0n) is 25.6. The summed E-state index contributed by atoms with van der Waals surface area (Å²) in [6.45, 7) is 2.29. The van der Waals surface area contributed by atoms with Crippen LogP contribution in [0.3, 0.4) is 0 Å². The number of aromatic nitrogens is 2. The number of pyridine rings is 1. The molecule has 5 heterocycles. The first-order valence-electron chi connectivity index (χ1n) is 15.0. The van der Waals surface area contributed by atoms with E-state index >= 15 is 0 Å². The van der Waals surface area contributed by atoms with E-state index in [0.29, 0.717) is 48.0 Å². The molecule has 2 bridgehead atoms. The molecule has 3 aliphatic rings. The zero-order chi connectivity index (χ0) is 32.8. The van der Waals surface area contributed by atoms with Gasteiger partial charge in [-0.1, -0.05) is 11.6 Å². The van der Waals surface area contributed by atoms with Crippen LogP contribution in [0.25, 0.3) is 5.65 Å². The van der Waals surface area contributed by atoms with Gasteiger partial charge in [-0.2, -0.15) is 0 Å². The number of carbonyl (C=O) groups is 5. The van der Waals surface area contributed by atoms with Crippen molar-refractivity contribution in [1.29, 1.82) is 0 Å². The third-order valence-electron chi connectivity index (χ3n) is 7.82. The van der Waals surface area contributed by atoms with E-state index in [1.807, 2.05) is 0 Å². The molecule has 6 rings (SSSR count). The van der Waals surface area contributed by atoms with E-state index in [2.05, 4.69) is 20.9 Å². The topological polar surface area (TPSA) is 164 Å². The molecule has 0 saturated carbocycles. The second-order valence-electron chi connectivity index (χ2n) is 11.1. The normalized spacial score (nSPS) is 20.6. The van der Waals surface area contributed by atoms with Crippen LogP contribution < -0.4 is 25.4 Å². The summed E-state index contributed by atoms with van der Waals surface area (Å²) in [5.74, 6) is -1.39. The molecule has 1 saturated heterocycles. The quantitative estimate of drug-likeness (QED) is 0.348. The van der Waals surface area contributed by atoms with Gasteiger partial charge in [-0.3, -0.25) is 24.0 Å². The minimum absolute atomic E-state index is 0.0867. The number of methoxy groups -OCH3 is 1. The summed E-state index contributed by atoms with van der Waals surface area (Å²) in [6.07, 6.45) is 4.65. The van der Waals surface area contributed by atoms with Gasteiger partial charge in [0, 0.05) is 37.6 Å². The monoisotopic (exact) mass is 653 g/mol. The maximum atomic E-state index is 13.5. The number of amides is 5. The Labute approximate surface area is 270 Å². The standard InChI is InChI=1S/C31H36ClN7O7/c1-19-30(43)39-13-3-5-23(39)29(42)34-10-4-12-37(31(44)22-17-38-16-21(32)7-9-26(38)36-22)18-27(40)33-11-14-46-24-8-6-20(28(41)35-19)15-25(24)45-2/h6-9,15-17,19,23H,3-5,10-14,18H2,1-2H3,(H,33,40)(H,34,42)(H,35,41)/t19-,23+/m0/s1. The summed E-state index contributed by atoms with van der Waals surface area (Å²) in [5, 5.41) is 8.80. The van der Waals surface area contributed by atoms with Crippen LogP contribution in [0.4, 0.5) is 0 Å². The van der Waals surface area contributed by atoms with Gasteiger partial charge in [0.05, 0.1) is 25.2 Å². The highest BCUT2D eigenvalue weighted by molar-refractivity contribution is 6.30. The van der Waals surface area contributed by atoms with Gasteiger partial charge >= 0.3 is 0 Å². The number of fused-ring (bicyclic) bond motifs is 17. The maximum absolute atomic E-state index is 13.5. The van der Waals surface area contributed by atoms with E-state index in [0.717, 1.165) is 0 Å². The summed E-state index contributed by atoms with van der Waals surface area (Å²) in [7, 11) is 1.43. The Morgan fingerprint density at radius 1 is 1.04 bits per heavy atom. The Morgan fingerprint density at radius 3 is 2.67 bits per heavy atom. The number of benzene rings is 1. The van der Waals surface area contributed by atoms with Gasteiger partial charge in [-0.25, -0.2) is 4.98 Å². The van der Waals surface area contributed by atoms with Gasteiger partial charge in [0.15, 0.2) is 11.5 Å². The molecule has 1 aromatic carbocycles. The van der Waals surface area contributed by atoms with E-state index in [9.17, 15) is 24.0 Å². The zero-order valence-corrected chi connectivity index (χ0v) is 26.3. The predicted molar refractivity (Wildman–Crippen MR) is 167 cm³/mol. The fourth-order valence-electron chi connectivity index (χ4n) is 5.48. The summed E-state index contributed by atoms with van der Waals surface area (Å²) < 4.78 is 12.8. The van der Waals surface area contributed by atoms with E-state index in [4.69, 9.17) is 21.1 Å². The van der Waals surface area contributed by atoms with Crippen LogP contribution in [0.15, 0.2) is 42.7 Å². The average Bonchev–Trinajstić information content (AvgIpc) is 3.71. The Hall–Kier alpha value is -4.85. The van der Waals surface area contributed by atoms with Crippen LogP contribution >= 0.6 is 11.6 Å². The molecule has 0 radical (unpaired) electrons.